The average Bonchev–Trinajstić information content (AvgIpc) is 2.66. The molecule has 0 radical (unpaired) electrons. The number of nitrogens with one attached hydrogen (secondary N) is 1. The summed E-state index contributed by atoms with van der Waals surface area (Å²) in [6, 6.07) is 15.8. The molecule has 6 nitrogen and oxygen atoms in total. The lowest BCUT2D eigenvalue weighted by Crippen LogP contribution is -2.29. The number of nitrogens with zero attached hydrogens (tertiary/aromatic N) is 1. The van der Waals surface area contributed by atoms with E-state index >= 15 is 0 Å². The van der Waals surface area contributed by atoms with E-state index in [1.165, 1.54) is 20.1 Å². The van der Waals surface area contributed by atoms with Gasteiger partial charge in [-0.25, -0.2) is 4.79 Å². The number of esters is 1. The Morgan fingerprint density at radius 1 is 1.15 bits per heavy atom. The van der Waals surface area contributed by atoms with E-state index < -0.39 is 18.0 Å². The first-order valence-corrected chi connectivity index (χ1v) is 7.87. The van der Waals surface area contributed by atoms with Crippen molar-refractivity contribution in [2.45, 2.75) is 13.0 Å². The number of benzene rings is 2. The summed E-state index contributed by atoms with van der Waals surface area (Å²) in [5, 5.41) is 11.6. The number of nitriles is 1. The number of carbonyl (C=O) groups excluding carboxylic acids is 2. The molecule has 0 aliphatic heterocycles. The molecule has 1 amide bonds. The molecule has 0 spiro atoms. The fourth-order valence-corrected chi connectivity index (χ4v) is 2.15. The smallest absolute Gasteiger partial charge is 0.331 e. The Morgan fingerprint density at radius 3 is 2.58 bits per heavy atom. The van der Waals surface area contributed by atoms with Crippen molar-refractivity contribution in [2.24, 2.45) is 0 Å². The van der Waals surface area contributed by atoms with Crippen molar-refractivity contribution in [1.29, 1.82) is 5.26 Å². The Morgan fingerprint density at radius 2 is 1.85 bits per heavy atom. The summed E-state index contributed by atoms with van der Waals surface area (Å²) in [5.41, 5.74) is 1.41. The third-order valence-electron chi connectivity index (χ3n) is 3.51. The number of carbonyl (C=O) groups is 2. The molecule has 0 heterocycles. The minimum absolute atomic E-state index is 0.329. The van der Waals surface area contributed by atoms with Crippen molar-refractivity contribution in [3.8, 4) is 11.8 Å². The number of amides is 1. The summed E-state index contributed by atoms with van der Waals surface area (Å²) in [6.07, 6.45) is 1.76. The van der Waals surface area contributed by atoms with Gasteiger partial charge in [-0.05, 0) is 31.2 Å². The van der Waals surface area contributed by atoms with Crippen molar-refractivity contribution in [3.05, 3.63) is 65.7 Å². The van der Waals surface area contributed by atoms with Crippen molar-refractivity contribution in [1.82, 2.24) is 0 Å². The molecule has 0 saturated carbocycles. The maximum atomic E-state index is 12.1. The standard InChI is InChI=1S/C20H18N2O4/c1-14(20(24)22-17-9-5-3-8-16(17)13-21)26-19(23)12-11-15-7-4-6-10-18(15)25-2/h3-12,14H,1-2H3,(H,22,24)/b12-11+/t14-/m1/s1. The maximum Gasteiger partial charge on any atom is 0.331 e. The molecule has 2 aromatic rings. The van der Waals surface area contributed by atoms with Gasteiger partial charge in [-0.15, -0.1) is 0 Å². The zero-order valence-electron chi connectivity index (χ0n) is 14.4. The molecular weight excluding hydrogens is 332 g/mol. The predicted octanol–water partition coefficient (Wildman–Crippen LogP) is 3.15. The second-order valence-corrected chi connectivity index (χ2v) is 5.30. The molecule has 0 aliphatic rings. The first-order valence-electron chi connectivity index (χ1n) is 7.87. The van der Waals surface area contributed by atoms with E-state index in [0.29, 0.717) is 22.6 Å². The monoisotopic (exact) mass is 350 g/mol. The molecule has 2 rings (SSSR count). The number of para-hydroxylation sites is 2. The van der Waals surface area contributed by atoms with Gasteiger partial charge in [-0.3, -0.25) is 4.79 Å². The number of hydrogen-bond donors (Lipinski definition) is 1. The SMILES string of the molecule is COc1ccccc1/C=C/C(=O)O[C@H](C)C(=O)Nc1ccccc1C#N. The minimum atomic E-state index is -1.02. The van der Waals surface area contributed by atoms with Crippen LogP contribution in [0.1, 0.15) is 18.1 Å². The molecule has 0 bridgehead atoms. The fourth-order valence-electron chi connectivity index (χ4n) is 2.15. The van der Waals surface area contributed by atoms with Gasteiger partial charge < -0.3 is 14.8 Å². The van der Waals surface area contributed by atoms with E-state index in [1.54, 1.807) is 42.5 Å². The molecular formula is C20H18N2O4. The van der Waals surface area contributed by atoms with Crippen molar-refractivity contribution < 1.29 is 19.1 Å². The van der Waals surface area contributed by atoms with Crippen LogP contribution >= 0.6 is 0 Å². The van der Waals surface area contributed by atoms with Crippen LogP contribution in [0.25, 0.3) is 6.08 Å². The lowest BCUT2D eigenvalue weighted by Gasteiger charge is -2.13. The van der Waals surface area contributed by atoms with Gasteiger partial charge in [-0.1, -0.05) is 30.3 Å². The van der Waals surface area contributed by atoms with Crippen LogP contribution in [0.2, 0.25) is 0 Å². The molecule has 1 N–H and O–H groups in total. The number of anilines is 1. The van der Waals surface area contributed by atoms with Crippen molar-refractivity contribution >= 4 is 23.6 Å². The van der Waals surface area contributed by atoms with E-state index in [-0.39, 0.29) is 0 Å². The van der Waals surface area contributed by atoms with Crippen LogP contribution in [0, 0.1) is 11.3 Å². The zero-order chi connectivity index (χ0) is 18.9. The molecule has 2 aromatic carbocycles. The molecule has 26 heavy (non-hydrogen) atoms. The van der Waals surface area contributed by atoms with Gasteiger partial charge in [0.25, 0.3) is 5.91 Å². The van der Waals surface area contributed by atoms with Gasteiger partial charge >= 0.3 is 5.97 Å². The first kappa shape index (κ1) is 18.7. The number of ether oxygens (including phenoxy) is 2. The summed E-state index contributed by atoms with van der Waals surface area (Å²) in [7, 11) is 1.54. The molecule has 0 saturated heterocycles. The van der Waals surface area contributed by atoms with Crippen LogP contribution in [0.3, 0.4) is 0 Å². The summed E-state index contributed by atoms with van der Waals surface area (Å²) in [5.74, 6) is -0.561. The average molecular weight is 350 g/mol. The molecule has 1 atom stereocenters. The Hall–Kier alpha value is -3.59. The zero-order valence-corrected chi connectivity index (χ0v) is 14.4. The Balaban J connectivity index is 1.97. The van der Waals surface area contributed by atoms with Gasteiger partial charge in [0.1, 0.15) is 11.8 Å². The van der Waals surface area contributed by atoms with Gasteiger partial charge in [0.05, 0.1) is 18.4 Å². The highest BCUT2D eigenvalue weighted by atomic mass is 16.5. The first-order chi connectivity index (χ1) is 12.5. The van der Waals surface area contributed by atoms with E-state index in [9.17, 15) is 9.59 Å². The van der Waals surface area contributed by atoms with Crippen LogP contribution in [0.4, 0.5) is 5.69 Å². The lowest BCUT2D eigenvalue weighted by atomic mass is 10.2. The van der Waals surface area contributed by atoms with Crippen LogP contribution in [0.15, 0.2) is 54.6 Å². The Kier molecular flexibility index (Phi) is 6.52. The van der Waals surface area contributed by atoms with E-state index in [0.717, 1.165) is 0 Å². The summed E-state index contributed by atoms with van der Waals surface area (Å²) in [6.45, 7) is 1.46. The van der Waals surface area contributed by atoms with E-state index in [2.05, 4.69) is 5.32 Å². The highest BCUT2D eigenvalue weighted by Crippen LogP contribution is 2.19. The van der Waals surface area contributed by atoms with Crippen molar-refractivity contribution in [3.63, 3.8) is 0 Å². The second-order valence-electron chi connectivity index (χ2n) is 5.30. The molecule has 0 aliphatic carbocycles. The highest BCUT2D eigenvalue weighted by Gasteiger charge is 2.17. The third-order valence-corrected chi connectivity index (χ3v) is 3.51. The molecule has 0 fully saturated rings. The molecule has 132 valence electrons. The molecule has 0 unspecified atom stereocenters. The predicted molar refractivity (Wildman–Crippen MR) is 97.4 cm³/mol. The molecule has 0 aromatic heterocycles. The summed E-state index contributed by atoms with van der Waals surface area (Å²) in [4.78, 5) is 24.1. The van der Waals surface area contributed by atoms with Crippen molar-refractivity contribution in [2.75, 3.05) is 12.4 Å². The summed E-state index contributed by atoms with van der Waals surface area (Å²) >= 11 is 0. The van der Waals surface area contributed by atoms with Crippen LogP contribution in [-0.2, 0) is 14.3 Å². The maximum absolute atomic E-state index is 12.1. The lowest BCUT2D eigenvalue weighted by molar-refractivity contribution is -0.148. The number of methoxy groups -OCH3 is 1. The summed E-state index contributed by atoms with van der Waals surface area (Å²) < 4.78 is 10.3. The minimum Gasteiger partial charge on any atom is -0.496 e. The van der Waals surface area contributed by atoms with Gasteiger partial charge in [0.15, 0.2) is 6.10 Å². The van der Waals surface area contributed by atoms with Gasteiger partial charge in [-0.2, -0.15) is 5.26 Å². The third kappa shape index (κ3) is 4.95. The van der Waals surface area contributed by atoms with Gasteiger partial charge in [0.2, 0.25) is 0 Å². The van der Waals surface area contributed by atoms with Crippen LogP contribution < -0.4 is 10.1 Å². The van der Waals surface area contributed by atoms with E-state index in [1.807, 2.05) is 18.2 Å². The Bertz CT molecular complexity index is 868. The number of hydrogen-bond acceptors (Lipinski definition) is 5. The highest BCUT2D eigenvalue weighted by molar-refractivity contribution is 5.97. The quantitative estimate of drug-likeness (QED) is 0.639. The number of rotatable bonds is 6. The molecule has 6 heteroatoms. The fraction of sp³-hybridized carbons (Fsp3) is 0.150. The normalized spacial score (nSPS) is 11.4. The second kappa shape index (κ2) is 9.04. The topological polar surface area (TPSA) is 88.4 Å². The Labute approximate surface area is 151 Å². The van der Waals surface area contributed by atoms with E-state index in [4.69, 9.17) is 14.7 Å². The van der Waals surface area contributed by atoms with Gasteiger partial charge in [0, 0.05) is 11.6 Å². The largest absolute Gasteiger partial charge is 0.496 e. The van der Waals surface area contributed by atoms with Crippen LogP contribution in [-0.4, -0.2) is 25.1 Å². The van der Waals surface area contributed by atoms with Crippen LogP contribution in [0.5, 0.6) is 5.75 Å².